The Balaban J connectivity index is 1.34. The molecule has 15 atom stereocenters. The Kier molecular flexibility index (Phi) is 25.2. The van der Waals surface area contributed by atoms with Gasteiger partial charge in [0.05, 0.1) is 40.5 Å². The number of aliphatic hydroxyl groups excluding tert-OH is 2. The quantitative estimate of drug-likeness (QED) is 0.0488. The van der Waals surface area contributed by atoms with Crippen LogP contribution in [0.2, 0.25) is 0 Å². The van der Waals surface area contributed by atoms with Crippen molar-refractivity contribution in [2.45, 2.75) is 191 Å². The smallest absolute Gasteiger partial charge is 0.417 e. The number of nitrogens with zero attached hydrogens (tertiary/aromatic N) is 2. The number of anilines is 1. The van der Waals surface area contributed by atoms with Gasteiger partial charge in [0.25, 0.3) is 11.7 Å². The molecule has 0 radical (unpaired) electrons. The van der Waals surface area contributed by atoms with Crippen LogP contribution in [0.3, 0.4) is 0 Å². The van der Waals surface area contributed by atoms with Crippen molar-refractivity contribution in [3.63, 3.8) is 0 Å². The largest absolute Gasteiger partial charge is 0.460 e. The van der Waals surface area contributed by atoms with Crippen LogP contribution in [0, 0.1) is 46.8 Å². The van der Waals surface area contributed by atoms with Crippen LogP contribution in [-0.2, 0) is 49.1 Å². The molecular weight excluding hydrogens is 1130 g/mol. The molecule has 2 aromatic carbocycles. The number of amides is 1. The van der Waals surface area contributed by atoms with Crippen molar-refractivity contribution in [2.75, 3.05) is 26.1 Å². The number of aliphatic hydroxyl groups is 3. The third-order valence-corrected chi connectivity index (χ3v) is 18.4. The minimum absolute atomic E-state index is 0.00243. The molecule has 2 aromatic rings. The fourth-order valence-electron chi connectivity index (χ4n) is 12.3. The second-order valence-electron chi connectivity index (χ2n) is 24.1. The van der Waals surface area contributed by atoms with Gasteiger partial charge in [-0.2, -0.15) is 18.4 Å². The summed E-state index contributed by atoms with van der Waals surface area (Å²) in [4.78, 5) is 74.0. The molecule has 3 heterocycles. The third-order valence-electron chi connectivity index (χ3n) is 17.5. The van der Waals surface area contributed by atoms with Crippen LogP contribution in [0.5, 0.6) is 0 Å². The molecular formula is C66H87F3N4O12S. The first-order chi connectivity index (χ1) is 40.7. The number of cyclic esters (lactones) is 1. The number of allylic oxidation sites excluding steroid dienone is 7. The second kappa shape index (κ2) is 31.3. The number of methoxy groups -OCH3 is 2. The summed E-state index contributed by atoms with van der Waals surface area (Å²) in [5.74, 6) is -9.02. The molecule has 1 amide bonds. The highest BCUT2D eigenvalue weighted by Crippen LogP contribution is 2.41. The predicted octanol–water partition coefficient (Wildman–Crippen LogP) is 10.6. The number of rotatable bonds is 10. The SMILES string of the molecule is CO[C@@H]1C[C@@H](CC(C)[C@@H]2CC(=O)[C@H](C)/C=C(\C)[C@@H](O)[C@@H](OC)C(=O)[C@H](C)C[C@H](C)/C=C/C=C/C=C(/C)C[C@@H](Nc3ccc(S/C(N)=C(\C#N)c4ccccc4C(F)(F)F)cc3)[C@@H]3CC[C@@H](C)[C@@](O)(O3)C(=O)C(=O)N3CCCCC3C(=O)O2)CC[C@H]1O. The number of halogens is 3. The van der Waals surface area contributed by atoms with Gasteiger partial charge in [0.1, 0.15) is 36.2 Å². The number of fused-ring (bicyclic) bond motifs is 3. The molecule has 0 aromatic heterocycles. The molecule has 20 heteroatoms. The van der Waals surface area contributed by atoms with Crippen LogP contribution in [0.4, 0.5) is 18.9 Å². The summed E-state index contributed by atoms with van der Waals surface area (Å²) in [7, 11) is 2.90. The van der Waals surface area contributed by atoms with E-state index in [1.165, 1.54) is 25.3 Å². The van der Waals surface area contributed by atoms with Crippen LogP contribution in [0.1, 0.15) is 137 Å². The maximum atomic E-state index is 14.8. The van der Waals surface area contributed by atoms with Gasteiger partial charge in [-0.15, -0.1) is 0 Å². The number of carbonyl (C=O) groups excluding carboxylic acids is 5. The second-order valence-corrected chi connectivity index (χ2v) is 25.2. The van der Waals surface area contributed by atoms with Crippen LogP contribution < -0.4 is 11.1 Å². The molecule has 1 aliphatic carbocycles. The Morgan fingerprint density at radius 3 is 2.30 bits per heavy atom. The lowest BCUT2D eigenvalue weighted by Gasteiger charge is -2.44. The summed E-state index contributed by atoms with van der Waals surface area (Å²) in [6.07, 6.45) is 5.23. The Hall–Kier alpha value is -5.92. The van der Waals surface area contributed by atoms with E-state index < -0.39 is 108 Å². The van der Waals surface area contributed by atoms with Crippen molar-refractivity contribution in [2.24, 2.45) is 41.2 Å². The van der Waals surface area contributed by atoms with Crippen LogP contribution in [0.25, 0.3) is 5.57 Å². The van der Waals surface area contributed by atoms with E-state index in [9.17, 15) is 57.7 Å². The molecule has 6 rings (SSSR count). The van der Waals surface area contributed by atoms with Crippen molar-refractivity contribution < 1.29 is 71.4 Å². The van der Waals surface area contributed by atoms with Crippen molar-refractivity contribution >= 4 is 52.2 Å². The molecule has 6 N–H and O–H groups in total. The lowest BCUT2D eigenvalue weighted by atomic mass is 9.78. The molecule has 1 saturated carbocycles. The first-order valence-corrected chi connectivity index (χ1v) is 30.8. The van der Waals surface area contributed by atoms with Gasteiger partial charge in [-0.1, -0.05) is 107 Å². The number of hydrogen-bond donors (Lipinski definition) is 5. The number of Topliss-reactive ketones (excluding diaryl/α,β-unsaturated/α-hetero) is 3. The molecule has 3 aliphatic heterocycles. The summed E-state index contributed by atoms with van der Waals surface area (Å²) in [5, 5.41) is 48.0. The first kappa shape index (κ1) is 69.2. The molecule has 16 nitrogen and oxygen atoms in total. The van der Waals surface area contributed by atoms with E-state index in [2.05, 4.69) is 5.32 Å². The van der Waals surface area contributed by atoms with Crippen LogP contribution >= 0.6 is 11.8 Å². The monoisotopic (exact) mass is 1220 g/mol. The van der Waals surface area contributed by atoms with Gasteiger partial charge in [-0.25, -0.2) is 4.79 Å². The van der Waals surface area contributed by atoms with Gasteiger partial charge in [-0.05, 0) is 138 Å². The number of hydrogen-bond acceptors (Lipinski definition) is 16. The molecule has 3 fully saturated rings. The van der Waals surface area contributed by atoms with Gasteiger partial charge in [-0.3, -0.25) is 19.2 Å². The number of carbonyl (C=O) groups is 5. The number of nitrogens with two attached hydrogens (primary N) is 1. The zero-order chi connectivity index (χ0) is 63.2. The van der Waals surface area contributed by atoms with E-state index in [0.717, 1.165) is 28.3 Å². The average Bonchev–Trinajstić information content (AvgIpc) is 1.11. The number of alkyl halides is 3. The van der Waals surface area contributed by atoms with Crippen LogP contribution in [-0.4, -0.2) is 125 Å². The molecule has 86 heavy (non-hydrogen) atoms. The Morgan fingerprint density at radius 1 is 0.919 bits per heavy atom. The Bertz CT molecular complexity index is 2900. The predicted molar refractivity (Wildman–Crippen MR) is 322 cm³/mol. The Morgan fingerprint density at radius 2 is 1.63 bits per heavy atom. The van der Waals surface area contributed by atoms with Gasteiger partial charge in [0.2, 0.25) is 5.79 Å². The van der Waals surface area contributed by atoms with Crippen molar-refractivity contribution in [3.8, 4) is 6.07 Å². The normalized spacial score (nSPS) is 33.8. The number of esters is 1. The highest BCUT2D eigenvalue weighted by Gasteiger charge is 2.54. The Labute approximate surface area is 508 Å². The van der Waals surface area contributed by atoms with E-state index in [1.807, 2.05) is 57.2 Å². The number of benzene rings is 2. The van der Waals surface area contributed by atoms with Crippen LogP contribution in [0.15, 0.2) is 106 Å². The number of thioether (sulfide) groups is 1. The van der Waals surface area contributed by atoms with Crippen molar-refractivity contribution in [1.29, 1.82) is 5.26 Å². The topological polar surface area (TPSA) is 248 Å². The number of piperidine rings is 1. The highest BCUT2D eigenvalue weighted by molar-refractivity contribution is 8.03. The fraction of sp³-hybridized carbons (Fsp3) is 0.576. The molecule has 2 bridgehead atoms. The van der Waals surface area contributed by atoms with Gasteiger partial charge in [0.15, 0.2) is 5.78 Å². The summed E-state index contributed by atoms with van der Waals surface area (Å²) in [6, 6.07) is 11.4. The molecule has 2 saturated heterocycles. The first-order valence-electron chi connectivity index (χ1n) is 29.9. The number of nitriles is 1. The summed E-state index contributed by atoms with van der Waals surface area (Å²) in [6.45, 7) is 12.4. The molecule has 470 valence electrons. The third kappa shape index (κ3) is 17.9. The maximum absolute atomic E-state index is 14.8. The zero-order valence-corrected chi connectivity index (χ0v) is 51.7. The lowest BCUT2D eigenvalue weighted by molar-refractivity contribution is -0.264. The van der Waals surface area contributed by atoms with Crippen molar-refractivity contribution in [1.82, 2.24) is 4.90 Å². The molecule has 0 spiro atoms. The van der Waals surface area contributed by atoms with Gasteiger partial charge >= 0.3 is 12.1 Å². The minimum atomic E-state index is -4.73. The van der Waals surface area contributed by atoms with E-state index in [1.54, 1.807) is 65.1 Å². The zero-order valence-electron chi connectivity index (χ0n) is 50.9. The van der Waals surface area contributed by atoms with Gasteiger partial charge in [0, 0.05) is 61.1 Å². The van der Waals surface area contributed by atoms with E-state index in [-0.39, 0.29) is 65.4 Å². The number of nitrogens with one attached hydrogen (secondary N) is 1. The molecule has 4 aliphatic rings. The fourth-order valence-corrected chi connectivity index (χ4v) is 13.1. The lowest BCUT2D eigenvalue weighted by Crippen LogP contribution is -2.62. The van der Waals surface area contributed by atoms with Crippen molar-refractivity contribution in [3.05, 3.63) is 112 Å². The summed E-state index contributed by atoms with van der Waals surface area (Å²) in [5.41, 5.74) is 6.40. The summed E-state index contributed by atoms with van der Waals surface area (Å²) < 4.78 is 65.9. The molecule has 2 unspecified atom stereocenters. The van der Waals surface area contributed by atoms with E-state index in [4.69, 9.17) is 24.7 Å². The maximum Gasteiger partial charge on any atom is 0.417 e. The summed E-state index contributed by atoms with van der Waals surface area (Å²) >= 11 is 0.916. The van der Waals surface area contributed by atoms with E-state index >= 15 is 0 Å². The number of ether oxygens (including phenoxy) is 4. The van der Waals surface area contributed by atoms with E-state index in [0.29, 0.717) is 73.9 Å². The number of ketones is 3. The minimum Gasteiger partial charge on any atom is -0.460 e. The standard InChI is InChI=1S/C66H87F3N4O12S/c1-38-17-11-10-12-18-39(2)32-51(72-46-24-26-47(27-25-46)86-62(71)49(37-70)48-19-13-14-20-50(48)66(67,68)69)55-29-22-44(7)65(81,85-55)61(78)63(79)73-30-16-15-21-52(73)64(80)84-56(41(4)34-45-23-28-53(74)57(35-45)82-8)36-54(75)40(3)33-43(6)59(77)60(83-9)58(76)42(5)31-38/h10-14,17-20,24-27,33,38,40-42,44-45,51-53,55-57,59-60,72,74,77,81H,15-16,21-23,28-32,34-36,71H2,1-9H3/b12-10+,17-11+,39-18-,43-33+,62-49+/t38-,40-,41?,42-,44-,45-,51-,52?,53-,55+,56+,57-,59-,60+,65-/m1/s1. The van der Waals surface area contributed by atoms with Gasteiger partial charge < -0.3 is 50.2 Å². The highest BCUT2D eigenvalue weighted by atomic mass is 32.2. The average molecular weight is 1220 g/mol.